The molecule has 0 aromatic heterocycles. The van der Waals surface area contributed by atoms with E-state index >= 15 is 0 Å². The number of piperidine rings is 1. The van der Waals surface area contributed by atoms with E-state index in [0.29, 0.717) is 18.5 Å². The molecule has 3 rings (SSSR count). The van der Waals surface area contributed by atoms with Crippen LogP contribution in [0, 0.1) is 0 Å². The number of morpholine rings is 1. The van der Waals surface area contributed by atoms with Gasteiger partial charge in [-0.3, -0.25) is 9.69 Å². The van der Waals surface area contributed by atoms with Gasteiger partial charge in [0, 0.05) is 45.1 Å². The molecular weight excluding hydrogens is 320 g/mol. The molecule has 0 radical (unpaired) electrons. The average Bonchev–Trinajstić information content (AvgIpc) is 2.67. The first-order chi connectivity index (χ1) is 12.1. The zero-order valence-corrected chi connectivity index (χ0v) is 14.5. The van der Waals surface area contributed by atoms with E-state index in [9.17, 15) is 9.59 Å². The van der Waals surface area contributed by atoms with E-state index in [-0.39, 0.29) is 11.8 Å². The van der Waals surface area contributed by atoms with Gasteiger partial charge in [0.25, 0.3) is 0 Å². The van der Waals surface area contributed by atoms with E-state index in [1.54, 1.807) is 18.2 Å². The lowest BCUT2D eigenvalue weighted by molar-refractivity contribution is -0.133. The van der Waals surface area contributed by atoms with Gasteiger partial charge in [-0.2, -0.15) is 0 Å². The molecule has 6 nitrogen and oxygen atoms in total. The number of rotatable bonds is 5. The first-order valence-corrected chi connectivity index (χ1v) is 9.04. The molecule has 1 amide bonds. The molecule has 0 unspecified atom stereocenters. The number of carboxylic acids is 1. The van der Waals surface area contributed by atoms with E-state index in [0.717, 1.165) is 57.8 Å². The first-order valence-electron chi connectivity index (χ1n) is 9.04. The van der Waals surface area contributed by atoms with Gasteiger partial charge in [-0.05, 0) is 30.5 Å². The smallest absolute Gasteiger partial charge is 0.335 e. The fourth-order valence-electron chi connectivity index (χ4n) is 3.64. The van der Waals surface area contributed by atoms with Crippen LogP contribution in [0.15, 0.2) is 24.3 Å². The fraction of sp³-hybridized carbons (Fsp3) is 0.579. The molecule has 136 valence electrons. The Morgan fingerprint density at radius 1 is 1.20 bits per heavy atom. The van der Waals surface area contributed by atoms with Gasteiger partial charge in [0.15, 0.2) is 0 Å². The van der Waals surface area contributed by atoms with Gasteiger partial charge >= 0.3 is 5.97 Å². The highest BCUT2D eigenvalue weighted by molar-refractivity contribution is 5.87. The third kappa shape index (κ3) is 4.80. The lowest BCUT2D eigenvalue weighted by atomic mass is 9.89. The molecule has 2 aliphatic rings. The molecule has 0 bridgehead atoms. The van der Waals surface area contributed by atoms with Crippen LogP contribution in [0.1, 0.15) is 41.1 Å². The van der Waals surface area contributed by atoms with Crippen LogP contribution in [0.3, 0.4) is 0 Å². The number of benzene rings is 1. The van der Waals surface area contributed by atoms with Gasteiger partial charge in [0.2, 0.25) is 5.91 Å². The van der Waals surface area contributed by atoms with E-state index in [1.165, 1.54) is 0 Å². The minimum atomic E-state index is -0.906. The van der Waals surface area contributed by atoms with Crippen molar-refractivity contribution in [3.8, 4) is 0 Å². The van der Waals surface area contributed by atoms with Crippen molar-refractivity contribution in [3.63, 3.8) is 0 Å². The summed E-state index contributed by atoms with van der Waals surface area (Å²) in [5.74, 6) is -0.484. The molecular formula is C19H26N2O4. The molecule has 2 saturated heterocycles. The molecule has 0 saturated carbocycles. The minimum Gasteiger partial charge on any atom is -0.478 e. The van der Waals surface area contributed by atoms with Gasteiger partial charge < -0.3 is 14.7 Å². The molecule has 1 aromatic rings. The number of amides is 1. The number of carbonyl (C=O) groups excluding carboxylic acids is 1. The minimum absolute atomic E-state index is 0.200. The number of hydrogen-bond donors (Lipinski definition) is 1. The Morgan fingerprint density at radius 2 is 2.00 bits per heavy atom. The molecule has 1 aromatic carbocycles. The Hall–Kier alpha value is -1.92. The quantitative estimate of drug-likeness (QED) is 0.881. The van der Waals surface area contributed by atoms with E-state index < -0.39 is 5.97 Å². The third-order valence-corrected chi connectivity index (χ3v) is 5.12. The third-order valence-electron chi connectivity index (χ3n) is 5.12. The summed E-state index contributed by atoms with van der Waals surface area (Å²) in [4.78, 5) is 28.0. The number of nitrogens with zero attached hydrogens (tertiary/aromatic N) is 2. The summed E-state index contributed by atoms with van der Waals surface area (Å²) in [5, 5.41) is 9.16. The van der Waals surface area contributed by atoms with Crippen LogP contribution in [0.25, 0.3) is 0 Å². The molecule has 0 spiro atoms. The van der Waals surface area contributed by atoms with Gasteiger partial charge in [-0.15, -0.1) is 0 Å². The Bertz CT molecular complexity index is 613. The monoisotopic (exact) mass is 346 g/mol. The van der Waals surface area contributed by atoms with E-state index in [4.69, 9.17) is 9.84 Å². The van der Waals surface area contributed by atoms with E-state index in [1.807, 2.05) is 11.0 Å². The predicted molar refractivity (Wildman–Crippen MR) is 93.8 cm³/mol. The highest BCUT2D eigenvalue weighted by atomic mass is 16.5. The summed E-state index contributed by atoms with van der Waals surface area (Å²) >= 11 is 0. The van der Waals surface area contributed by atoms with Crippen LogP contribution < -0.4 is 0 Å². The van der Waals surface area contributed by atoms with Gasteiger partial charge in [0.05, 0.1) is 18.8 Å². The molecule has 2 aliphatic heterocycles. The van der Waals surface area contributed by atoms with Crippen LogP contribution >= 0.6 is 0 Å². The fourth-order valence-corrected chi connectivity index (χ4v) is 3.64. The van der Waals surface area contributed by atoms with Crippen LogP contribution in [-0.4, -0.2) is 72.7 Å². The van der Waals surface area contributed by atoms with Gasteiger partial charge in [-0.25, -0.2) is 4.79 Å². The topological polar surface area (TPSA) is 70.1 Å². The Morgan fingerprint density at radius 3 is 2.76 bits per heavy atom. The molecule has 2 heterocycles. The van der Waals surface area contributed by atoms with Crippen molar-refractivity contribution in [2.45, 2.75) is 25.2 Å². The van der Waals surface area contributed by atoms with Crippen LogP contribution in [0.2, 0.25) is 0 Å². The van der Waals surface area contributed by atoms with Crippen molar-refractivity contribution in [2.24, 2.45) is 0 Å². The summed E-state index contributed by atoms with van der Waals surface area (Å²) in [5.41, 5.74) is 1.33. The van der Waals surface area contributed by atoms with Gasteiger partial charge in [0.1, 0.15) is 0 Å². The van der Waals surface area contributed by atoms with Crippen LogP contribution in [0.4, 0.5) is 0 Å². The highest BCUT2D eigenvalue weighted by Gasteiger charge is 2.25. The van der Waals surface area contributed by atoms with Crippen molar-refractivity contribution in [1.29, 1.82) is 0 Å². The number of carbonyl (C=O) groups is 2. The Labute approximate surface area is 148 Å². The van der Waals surface area contributed by atoms with Crippen molar-refractivity contribution in [3.05, 3.63) is 35.4 Å². The summed E-state index contributed by atoms with van der Waals surface area (Å²) in [6.45, 7) is 5.58. The SMILES string of the molecule is O=C(O)c1cccc([C@H]2CCCN(C(=O)CCN3CCOCC3)C2)c1. The number of carboxylic acid groups (broad SMARTS) is 1. The van der Waals surface area contributed by atoms with Crippen molar-refractivity contribution in [2.75, 3.05) is 45.9 Å². The van der Waals surface area contributed by atoms with Crippen molar-refractivity contribution >= 4 is 11.9 Å². The summed E-state index contributed by atoms with van der Waals surface area (Å²) in [7, 11) is 0. The molecule has 0 aliphatic carbocycles. The molecule has 25 heavy (non-hydrogen) atoms. The zero-order valence-electron chi connectivity index (χ0n) is 14.5. The molecule has 1 N–H and O–H groups in total. The average molecular weight is 346 g/mol. The predicted octanol–water partition coefficient (Wildman–Crippen LogP) is 1.81. The lowest BCUT2D eigenvalue weighted by Crippen LogP contribution is -2.42. The standard InChI is InChI=1S/C19H26N2O4/c22-18(6-8-20-9-11-25-12-10-20)21-7-2-5-17(14-21)15-3-1-4-16(13-15)19(23)24/h1,3-4,13,17H,2,5-12,14H2,(H,23,24)/t17-/m0/s1. The molecule has 1 atom stereocenters. The molecule has 2 fully saturated rings. The zero-order chi connectivity index (χ0) is 17.6. The summed E-state index contributed by atoms with van der Waals surface area (Å²) < 4.78 is 5.33. The largest absolute Gasteiger partial charge is 0.478 e. The van der Waals surface area contributed by atoms with E-state index in [2.05, 4.69) is 4.90 Å². The number of likely N-dealkylation sites (tertiary alicyclic amines) is 1. The second-order valence-corrected chi connectivity index (χ2v) is 6.81. The highest BCUT2D eigenvalue weighted by Crippen LogP contribution is 2.28. The summed E-state index contributed by atoms with van der Waals surface area (Å²) in [6.07, 6.45) is 2.50. The van der Waals surface area contributed by atoms with Gasteiger partial charge in [-0.1, -0.05) is 12.1 Å². The maximum absolute atomic E-state index is 12.6. The second-order valence-electron chi connectivity index (χ2n) is 6.81. The summed E-state index contributed by atoms with van der Waals surface area (Å²) in [6, 6.07) is 7.12. The first kappa shape index (κ1) is 17.9. The second kappa shape index (κ2) is 8.45. The molecule has 6 heteroatoms. The normalized spacial score (nSPS) is 21.9. The number of hydrogen-bond acceptors (Lipinski definition) is 4. The van der Waals surface area contributed by atoms with Crippen molar-refractivity contribution in [1.82, 2.24) is 9.80 Å². The maximum Gasteiger partial charge on any atom is 0.335 e. The Balaban J connectivity index is 1.56. The number of aromatic carboxylic acids is 1. The van der Waals surface area contributed by atoms with Crippen LogP contribution in [0.5, 0.6) is 0 Å². The Kier molecular flexibility index (Phi) is 6.04. The lowest BCUT2D eigenvalue weighted by Gasteiger charge is -2.34. The number of ether oxygens (including phenoxy) is 1. The van der Waals surface area contributed by atoms with Crippen molar-refractivity contribution < 1.29 is 19.4 Å². The van der Waals surface area contributed by atoms with Crippen LogP contribution in [-0.2, 0) is 9.53 Å². The maximum atomic E-state index is 12.6.